The fourth-order valence-electron chi connectivity index (χ4n) is 0.744. The van der Waals surface area contributed by atoms with E-state index in [9.17, 15) is 4.57 Å². The minimum Gasteiger partial charge on any atom is -0.492 e. The Bertz CT molecular complexity index is 305. The van der Waals surface area contributed by atoms with Crippen LogP contribution < -0.4 is 5.73 Å². The molecule has 0 aromatic carbocycles. The van der Waals surface area contributed by atoms with E-state index in [1.807, 2.05) is 0 Å². The zero-order chi connectivity index (χ0) is 13.3. The maximum absolute atomic E-state index is 11.7. The average molecular weight is 265 g/mol. The topological polar surface area (TPSA) is 80.0 Å². The summed E-state index contributed by atoms with van der Waals surface area (Å²) < 4.78 is 31.4. The zero-order valence-electron chi connectivity index (χ0n) is 10.3. The first-order valence-corrected chi connectivity index (χ1v) is 6.53. The van der Waals surface area contributed by atoms with Crippen molar-refractivity contribution in [2.24, 2.45) is 5.73 Å². The first-order valence-electron chi connectivity index (χ1n) is 5.07. The number of phosphoric ester groups is 1. The van der Waals surface area contributed by atoms with Crippen molar-refractivity contribution in [2.45, 2.75) is 6.92 Å². The van der Waals surface area contributed by atoms with Crippen LogP contribution >= 0.6 is 7.82 Å². The SMILES string of the molecule is C=C(C)C(=C)OCCOP(=O)(OC)OCCN. The van der Waals surface area contributed by atoms with Crippen molar-refractivity contribution < 1.29 is 22.9 Å². The molecule has 17 heavy (non-hydrogen) atoms. The lowest BCUT2D eigenvalue weighted by atomic mass is 10.3. The molecule has 0 aliphatic heterocycles. The highest BCUT2D eigenvalue weighted by molar-refractivity contribution is 7.48. The van der Waals surface area contributed by atoms with Gasteiger partial charge in [0.1, 0.15) is 12.4 Å². The van der Waals surface area contributed by atoms with E-state index >= 15 is 0 Å². The summed E-state index contributed by atoms with van der Waals surface area (Å²) in [5.41, 5.74) is 5.94. The van der Waals surface area contributed by atoms with E-state index in [0.29, 0.717) is 5.76 Å². The van der Waals surface area contributed by atoms with E-state index in [2.05, 4.69) is 17.7 Å². The fourth-order valence-corrected chi connectivity index (χ4v) is 1.66. The predicted molar refractivity (Wildman–Crippen MR) is 65.5 cm³/mol. The van der Waals surface area contributed by atoms with Crippen LogP contribution in [0.1, 0.15) is 6.92 Å². The summed E-state index contributed by atoms with van der Waals surface area (Å²) >= 11 is 0. The summed E-state index contributed by atoms with van der Waals surface area (Å²) in [6.45, 7) is 9.64. The minimum absolute atomic E-state index is 0.0575. The van der Waals surface area contributed by atoms with Crippen LogP contribution in [0.3, 0.4) is 0 Å². The van der Waals surface area contributed by atoms with Gasteiger partial charge in [0.2, 0.25) is 0 Å². The summed E-state index contributed by atoms with van der Waals surface area (Å²) in [6.07, 6.45) is 0. The van der Waals surface area contributed by atoms with Crippen LogP contribution in [0.15, 0.2) is 24.5 Å². The van der Waals surface area contributed by atoms with E-state index in [-0.39, 0.29) is 26.4 Å². The van der Waals surface area contributed by atoms with Crippen LogP contribution in [0.5, 0.6) is 0 Å². The second-order valence-corrected chi connectivity index (χ2v) is 4.91. The van der Waals surface area contributed by atoms with Gasteiger partial charge in [-0.1, -0.05) is 13.2 Å². The molecule has 0 fully saturated rings. The first kappa shape index (κ1) is 16.4. The van der Waals surface area contributed by atoms with Crippen LogP contribution in [0.2, 0.25) is 0 Å². The Kier molecular flexibility index (Phi) is 8.12. The second-order valence-electron chi connectivity index (χ2n) is 3.14. The fraction of sp³-hybridized carbons (Fsp3) is 0.600. The molecule has 0 saturated carbocycles. The Morgan fingerprint density at radius 3 is 2.29 bits per heavy atom. The van der Waals surface area contributed by atoms with Gasteiger partial charge in [0.25, 0.3) is 0 Å². The lowest BCUT2D eigenvalue weighted by Gasteiger charge is -2.16. The molecule has 0 heterocycles. The normalized spacial score (nSPS) is 14.1. The van der Waals surface area contributed by atoms with Crippen molar-refractivity contribution in [1.29, 1.82) is 0 Å². The van der Waals surface area contributed by atoms with E-state index in [4.69, 9.17) is 19.5 Å². The molecule has 100 valence electrons. The number of hydrogen-bond acceptors (Lipinski definition) is 6. The first-order chi connectivity index (χ1) is 7.95. The molecule has 6 nitrogen and oxygen atoms in total. The number of nitrogens with two attached hydrogens (primary N) is 1. The van der Waals surface area contributed by atoms with Gasteiger partial charge in [-0.15, -0.1) is 0 Å². The van der Waals surface area contributed by atoms with Gasteiger partial charge in [0.05, 0.1) is 13.2 Å². The van der Waals surface area contributed by atoms with Crippen LogP contribution in [-0.2, 0) is 22.9 Å². The van der Waals surface area contributed by atoms with Gasteiger partial charge in [-0.05, 0) is 12.5 Å². The van der Waals surface area contributed by atoms with Gasteiger partial charge in [0.15, 0.2) is 0 Å². The Morgan fingerprint density at radius 2 is 1.82 bits per heavy atom. The van der Waals surface area contributed by atoms with Crippen molar-refractivity contribution in [3.05, 3.63) is 24.5 Å². The number of allylic oxidation sites excluding steroid dienone is 1. The van der Waals surface area contributed by atoms with E-state index in [1.165, 1.54) is 7.11 Å². The van der Waals surface area contributed by atoms with Gasteiger partial charge < -0.3 is 10.5 Å². The van der Waals surface area contributed by atoms with Gasteiger partial charge in [-0.3, -0.25) is 13.6 Å². The highest BCUT2D eigenvalue weighted by atomic mass is 31.2. The highest BCUT2D eigenvalue weighted by Crippen LogP contribution is 2.48. The van der Waals surface area contributed by atoms with Gasteiger partial charge >= 0.3 is 7.82 Å². The zero-order valence-corrected chi connectivity index (χ0v) is 11.2. The lowest BCUT2D eigenvalue weighted by molar-refractivity contribution is 0.101. The smallest absolute Gasteiger partial charge is 0.474 e. The maximum Gasteiger partial charge on any atom is 0.474 e. The quantitative estimate of drug-likeness (QED) is 0.281. The molecule has 0 aromatic rings. The largest absolute Gasteiger partial charge is 0.492 e. The predicted octanol–water partition coefficient (Wildman–Crippen LogP) is 1.84. The van der Waals surface area contributed by atoms with E-state index < -0.39 is 7.82 Å². The summed E-state index contributed by atoms with van der Waals surface area (Å²) in [7, 11) is -2.27. The number of phosphoric acid groups is 1. The molecule has 0 saturated heterocycles. The van der Waals surface area contributed by atoms with Crippen molar-refractivity contribution in [1.82, 2.24) is 0 Å². The van der Waals surface area contributed by atoms with Crippen LogP contribution in [0.4, 0.5) is 0 Å². The molecule has 0 radical (unpaired) electrons. The molecule has 7 heteroatoms. The molecule has 0 aliphatic rings. The third-order valence-corrected chi connectivity index (χ3v) is 3.12. The van der Waals surface area contributed by atoms with Crippen molar-refractivity contribution in [3.8, 4) is 0 Å². The standard InChI is InChI=1S/C10H20NO5P/c1-9(2)10(3)14-7-8-16-17(12,13-4)15-6-5-11/h1,3,5-8,11H2,2,4H3. The Morgan fingerprint density at radius 1 is 1.24 bits per heavy atom. The van der Waals surface area contributed by atoms with Crippen molar-refractivity contribution >= 4 is 7.82 Å². The molecule has 0 rings (SSSR count). The van der Waals surface area contributed by atoms with Crippen LogP contribution in [0.25, 0.3) is 0 Å². The Balaban J connectivity index is 3.88. The van der Waals surface area contributed by atoms with Crippen molar-refractivity contribution in [3.63, 3.8) is 0 Å². The molecular weight excluding hydrogens is 245 g/mol. The Labute approximate surface area is 102 Å². The maximum atomic E-state index is 11.7. The lowest BCUT2D eigenvalue weighted by Crippen LogP contribution is -2.10. The van der Waals surface area contributed by atoms with Crippen molar-refractivity contribution in [2.75, 3.05) is 33.5 Å². The number of rotatable bonds is 10. The molecular formula is C10H20NO5P. The number of hydrogen-bond donors (Lipinski definition) is 1. The van der Waals surface area contributed by atoms with Gasteiger partial charge in [-0.2, -0.15) is 0 Å². The molecule has 0 aliphatic carbocycles. The summed E-state index contributed by atoms with van der Waals surface area (Å²) in [4.78, 5) is 0. The Hall–Kier alpha value is -0.650. The molecule has 0 bridgehead atoms. The average Bonchev–Trinajstić information content (AvgIpc) is 2.31. The van der Waals surface area contributed by atoms with E-state index in [1.54, 1.807) is 6.92 Å². The summed E-state index contributed by atoms with van der Waals surface area (Å²) in [5.74, 6) is 0.462. The molecule has 1 unspecified atom stereocenters. The van der Waals surface area contributed by atoms with Gasteiger partial charge in [0, 0.05) is 13.7 Å². The summed E-state index contributed by atoms with van der Waals surface area (Å²) in [6, 6.07) is 0. The third kappa shape index (κ3) is 7.31. The molecule has 0 spiro atoms. The van der Waals surface area contributed by atoms with Crippen LogP contribution in [0, 0.1) is 0 Å². The molecule has 0 amide bonds. The summed E-state index contributed by atoms with van der Waals surface area (Å²) in [5, 5.41) is 0. The van der Waals surface area contributed by atoms with Gasteiger partial charge in [-0.25, -0.2) is 4.57 Å². The molecule has 2 N–H and O–H groups in total. The second kappa shape index (κ2) is 8.44. The number of ether oxygens (including phenoxy) is 1. The molecule has 1 atom stereocenters. The highest BCUT2D eigenvalue weighted by Gasteiger charge is 2.24. The monoisotopic (exact) mass is 265 g/mol. The minimum atomic E-state index is -3.51. The van der Waals surface area contributed by atoms with Crippen LogP contribution in [-0.4, -0.2) is 33.5 Å². The molecule has 0 aromatic heterocycles. The third-order valence-electron chi connectivity index (χ3n) is 1.68. The van der Waals surface area contributed by atoms with E-state index in [0.717, 1.165) is 5.57 Å².